The summed E-state index contributed by atoms with van der Waals surface area (Å²) in [5.41, 5.74) is 4.82. The molecule has 4 nitrogen and oxygen atoms in total. The van der Waals surface area contributed by atoms with E-state index in [1.165, 1.54) is 0 Å². The first-order valence-corrected chi connectivity index (χ1v) is 14.3. The lowest BCUT2D eigenvalue weighted by molar-refractivity contribution is -0.122. The highest BCUT2D eigenvalue weighted by molar-refractivity contribution is 6.31. The minimum absolute atomic E-state index is 0.110. The summed E-state index contributed by atoms with van der Waals surface area (Å²) in [4.78, 5) is 31.5. The third-order valence-corrected chi connectivity index (χ3v) is 8.40. The molecule has 1 amide bonds. The summed E-state index contributed by atoms with van der Waals surface area (Å²) in [5, 5.41) is 4.23. The van der Waals surface area contributed by atoms with Crippen LogP contribution in [-0.2, 0) is 16.9 Å². The first kappa shape index (κ1) is 26.1. The van der Waals surface area contributed by atoms with Crippen LogP contribution in [0.25, 0.3) is 5.57 Å². The normalized spacial score (nSPS) is 19.4. The van der Waals surface area contributed by atoms with Gasteiger partial charge < -0.3 is 4.90 Å². The van der Waals surface area contributed by atoms with Gasteiger partial charge in [-0.3, -0.25) is 14.9 Å². The molecule has 2 atom stereocenters. The van der Waals surface area contributed by atoms with Crippen molar-refractivity contribution in [1.29, 1.82) is 0 Å². The molecule has 2 aliphatic heterocycles. The quantitative estimate of drug-likeness (QED) is 0.214. The number of Topliss-reactive ketones (excluding diaryl/α,β-unsaturated/α-hetero) is 1. The minimum atomic E-state index is -1.28. The standard InChI is InChI=1S/C37H27ClN2O2/c38-29-20-12-19-28(23-29)35(41)32-33(26-15-6-2-7-16-26)37(39-34(32)27-17-8-3-9-18-27)30-21-10-11-22-31(30)40(36(37)42)24-25-13-4-1-5-14-25/h1-23,34,39H,24H2/t34-,37-/m1/s1. The Kier molecular flexibility index (Phi) is 6.58. The first-order valence-electron chi connectivity index (χ1n) is 14.0. The average molecular weight is 567 g/mol. The maximum atomic E-state index is 15.0. The van der Waals surface area contributed by atoms with Gasteiger partial charge in [-0.2, -0.15) is 0 Å². The molecule has 0 aliphatic carbocycles. The third-order valence-electron chi connectivity index (χ3n) is 8.17. The van der Waals surface area contributed by atoms with E-state index in [0.717, 1.165) is 27.9 Å². The number of halogens is 1. The number of carbonyl (C=O) groups is 2. The van der Waals surface area contributed by atoms with E-state index in [1.54, 1.807) is 24.3 Å². The summed E-state index contributed by atoms with van der Waals surface area (Å²) in [5.74, 6) is -0.275. The molecular formula is C37H27ClN2O2. The highest BCUT2D eigenvalue weighted by Gasteiger charge is 2.60. The maximum Gasteiger partial charge on any atom is 0.257 e. The zero-order chi connectivity index (χ0) is 28.7. The Morgan fingerprint density at radius 3 is 2.12 bits per heavy atom. The molecule has 204 valence electrons. The Labute approximate surface area is 249 Å². The van der Waals surface area contributed by atoms with Gasteiger partial charge in [0.1, 0.15) is 0 Å². The molecule has 1 spiro atoms. The van der Waals surface area contributed by atoms with Gasteiger partial charge in [0, 0.05) is 27.3 Å². The van der Waals surface area contributed by atoms with Crippen molar-refractivity contribution < 1.29 is 9.59 Å². The molecule has 5 aromatic rings. The molecule has 5 aromatic carbocycles. The zero-order valence-electron chi connectivity index (χ0n) is 22.7. The zero-order valence-corrected chi connectivity index (χ0v) is 23.5. The molecule has 0 bridgehead atoms. The molecular weight excluding hydrogens is 540 g/mol. The van der Waals surface area contributed by atoms with E-state index in [0.29, 0.717) is 28.3 Å². The van der Waals surface area contributed by atoms with E-state index < -0.39 is 11.6 Å². The number of anilines is 1. The number of amides is 1. The second kappa shape index (κ2) is 10.6. The van der Waals surface area contributed by atoms with Gasteiger partial charge in [0.25, 0.3) is 5.91 Å². The van der Waals surface area contributed by atoms with E-state index in [4.69, 9.17) is 11.6 Å². The largest absolute Gasteiger partial charge is 0.305 e. The van der Waals surface area contributed by atoms with Crippen LogP contribution >= 0.6 is 11.6 Å². The van der Waals surface area contributed by atoms with E-state index >= 15 is 4.79 Å². The Balaban J connectivity index is 1.52. The van der Waals surface area contributed by atoms with Crippen molar-refractivity contribution in [3.05, 3.63) is 178 Å². The topological polar surface area (TPSA) is 49.4 Å². The van der Waals surface area contributed by atoms with Crippen molar-refractivity contribution >= 4 is 34.6 Å². The second-order valence-electron chi connectivity index (χ2n) is 10.6. The van der Waals surface area contributed by atoms with Gasteiger partial charge in [-0.05, 0) is 34.9 Å². The molecule has 0 saturated carbocycles. The number of para-hydroxylation sites is 1. The van der Waals surface area contributed by atoms with Crippen LogP contribution in [0.4, 0.5) is 5.69 Å². The van der Waals surface area contributed by atoms with E-state index in [-0.39, 0.29) is 11.7 Å². The fourth-order valence-electron chi connectivity index (χ4n) is 6.37. The van der Waals surface area contributed by atoms with Gasteiger partial charge in [-0.1, -0.05) is 133 Å². The Hall–Kier alpha value is -4.77. The van der Waals surface area contributed by atoms with Crippen LogP contribution in [0, 0.1) is 0 Å². The number of nitrogens with one attached hydrogen (secondary N) is 1. The van der Waals surface area contributed by atoms with Gasteiger partial charge in [0.05, 0.1) is 18.3 Å². The molecule has 0 fully saturated rings. The van der Waals surface area contributed by atoms with Crippen LogP contribution in [-0.4, -0.2) is 11.7 Å². The highest BCUT2D eigenvalue weighted by Crippen LogP contribution is 2.56. The van der Waals surface area contributed by atoms with E-state index in [9.17, 15) is 4.79 Å². The summed E-state index contributed by atoms with van der Waals surface area (Å²) in [6.45, 7) is 0.412. The molecule has 7 rings (SSSR count). The maximum absolute atomic E-state index is 15.0. The predicted octanol–water partition coefficient (Wildman–Crippen LogP) is 7.76. The van der Waals surface area contributed by atoms with Crippen LogP contribution in [0.15, 0.2) is 145 Å². The van der Waals surface area contributed by atoms with Crippen LogP contribution in [0.2, 0.25) is 5.02 Å². The van der Waals surface area contributed by atoms with E-state index in [1.807, 2.05) is 120 Å². The molecule has 0 saturated heterocycles. The second-order valence-corrected chi connectivity index (χ2v) is 11.1. The summed E-state index contributed by atoms with van der Waals surface area (Å²) < 4.78 is 0. The van der Waals surface area contributed by atoms with Crippen molar-refractivity contribution in [3.8, 4) is 0 Å². The molecule has 5 heteroatoms. The molecule has 0 unspecified atom stereocenters. The number of carbonyl (C=O) groups excluding carboxylic acids is 2. The van der Waals surface area contributed by atoms with Crippen LogP contribution in [0.1, 0.15) is 38.7 Å². The lowest BCUT2D eigenvalue weighted by Crippen LogP contribution is -2.49. The van der Waals surface area contributed by atoms with E-state index in [2.05, 4.69) is 5.32 Å². The molecule has 42 heavy (non-hydrogen) atoms. The number of hydrogen-bond donors (Lipinski definition) is 1. The van der Waals surface area contributed by atoms with Crippen LogP contribution < -0.4 is 10.2 Å². The number of benzene rings is 5. The average Bonchev–Trinajstić information content (AvgIpc) is 3.51. The lowest BCUT2D eigenvalue weighted by atomic mass is 9.79. The van der Waals surface area contributed by atoms with Gasteiger partial charge in [0.15, 0.2) is 11.3 Å². The van der Waals surface area contributed by atoms with Crippen LogP contribution in [0.5, 0.6) is 0 Å². The molecule has 2 heterocycles. The van der Waals surface area contributed by atoms with Crippen LogP contribution in [0.3, 0.4) is 0 Å². The van der Waals surface area contributed by atoms with Gasteiger partial charge in [-0.15, -0.1) is 0 Å². The fourth-order valence-corrected chi connectivity index (χ4v) is 6.56. The molecule has 2 aliphatic rings. The third kappa shape index (κ3) is 4.19. The summed E-state index contributed by atoms with van der Waals surface area (Å²) in [6, 6.07) is 44.0. The predicted molar refractivity (Wildman–Crippen MR) is 167 cm³/mol. The SMILES string of the molecule is O=C(C1=C(c2ccccc2)[C@@]2(N[C@@H]1c1ccccc1)C(=O)N(Cc1ccccc1)c1ccccc12)c1cccc(Cl)c1. The van der Waals surface area contributed by atoms with Gasteiger partial charge >= 0.3 is 0 Å². The number of rotatable bonds is 6. The minimum Gasteiger partial charge on any atom is -0.305 e. The summed E-state index contributed by atoms with van der Waals surface area (Å²) in [6.07, 6.45) is 0. The van der Waals surface area contributed by atoms with Crippen molar-refractivity contribution in [2.24, 2.45) is 0 Å². The molecule has 0 radical (unpaired) electrons. The monoisotopic (exact) mass is 566 g/mol. The highest BCUT2D eigenvalue weighted by atomic mass is 35.5. The van der Waals surface area contributed by atoms with Gasteiger partial charge in [0.2, 0.25) is 0 Å². The number of nitrogens with zero attached hydrogens (tertiary/aromatic N) is 1. The Bertz CT molecular complexity index is 1840. The number of hydrogen-bond acceptors (Lipinski definition) is 3. The Morgan fingerprint density at radius 2 is 1.40 bits per heavy atom. The smallest absolute Gasteiger partial charge is 0.257 e. The lowest BCUT2D eigenvalue weighted by Gasteiger charge is -2.29. The summed E-state index contributed by atoms with van der Waals surface area (Å²) >= 11 is 6.36. The first-order chi connectivity index (χ1) is 20.6. The van der Waals surface area contributed by atoms with Gasteiger partial charge in [-0.25, -0.2) is 0 Å². The van der Waals surface area contributed by atoms with Crippen molar-refractivity contribution in [1.82, 2.24) is 5.32 Å². The van der Waals surface area contributed by atoms with Crippen molar-refractivity contribution in [2.75, 3.05) is 4.90 Å². The number of fused-ring (bicyclic) bond motifs is 2. The number of ketones is 1. The molecule has 0 aromatic heterocycles. The molecule has 1 N–H and O–H groups in total. The summed E-state index contributed by atoms with van der Waals surface area (Å²) in [7, 11) is 0. The van der Waals surface area contributed by atoms with Crippen molar-refractivity contribution in [2.45, 2.75) is 18.1 Å². The van der Waals surface area contributed by atoms with Crippen molar-refractivity contribution in [3.63, 3.8) is 0 Å². The fraction of sp³-hybridized carbons (Fsp3) is 0.0811. The Morgan fingerprint density at radius 1 is 0.762 bits per heavy atom.